The topological polar surface area (TPSA) is 87.7 Å². The molecule has 3 aliphatic heterocycles. The van der Waals surface area contributed by atoms with Gasteiger partial charge in [0.25, 0.3) is 0 Å². The summed E-state index contributed by atoms with van der Waals surface area (Å²) in [7, 11) is 0. The van der Waals surface area contributed by atoms with Gasteiger partial charge in [-0.2, -0.15) is 0 Å². The molecule has 3 amide bonds. The number of amides is 3. The van der Waals surface area contributed by atoms with Crippen LogP contribution in [-0.2, 0) is 25.7 Å². The number of ether oxygens (including phenoxy) is 1. The minimum atomic E-state index is -1.18. The average molecular weight is 466 g/mol. The molecule has 33 heavy (non-hydrogen) atoms. The Morgan fingerprint density at radius 2 is 1.88 bits per heavy atom. The third kappa shape index (κ3) is 3.57. The molecule has 5 rings (SSSR count). The maximum absolute atomic E-state index is 13.9. The highest BCUT2D eigenvalue weighted by Gasteiger charge is 2.73. The van der Waals surface area contributed by atoms with E-state index >= 15 is 0 Å². The molecule has 5 atom stereocenters. The van der Waals surface area contributed by atoms with Crippen molar-refractivity contribution in [1.29, 1.82) is 0 Å². The molecule has 0 radical (unpaired) electrons. The second-order valence-electron chi connectivity index (χ2n) is 9.78. The van der Waals surface area contributed by atoms with Crippen LogP contribution in [0.4, 0.5) is 5.69 Å². The number of nitrogens with one attached hydrogen (secondary N) is 2. The predicted octanol–water partition coefficient (Wildman–Crippen LogP) is 2.63. The minimum Gasteiger partial charge on any atom is -0.359 e. The lowest BCUT2D eigenvalue weighted by atomic mass is 9.74. The summed E-state index contributed by atoms with van der Waals surface area (Å²) >= 11 is 1.56. The Morgan fingerprint density at radius 3 is 2.55 bits per heavy atom. The van der Waals surface area contributed by atoms with E-state index in [1.54, 1.807) is 23.5 Å². The highest BCUT2D eigenvalue weighted by Crippen LogP contribution is 2.55. The summed E-state index contributed by atoms with van der Waals surface area (Å²) in [5.74, 6) is -2.26. The third-order valence-electron chi connectivity index (χ3n) is 6.38. The van der Waals surface area contributed by atoms with Gasteiger partial charge in [0.05, 0.1) is 24.5 Å². The zero-order chi connectivity index (χ0) is 23.4. The van der Waals surface area contributed by atoms with E-state index in [9.17, 15) is 14.4 Å². The van der Waals surface area contributed by atoms with Gasteiger partial charge < -0.3 is 15.4 Å². The zero-order valence-corrected chi connectivity index (χ0v) is 19.6. The molecule has 2 fully saturated rings. The maximum atomic E-state index is 13.9. The molecule has 3 aliphatic rings. The average Bonchev–Trinajstić information content (AvgIpc) is 3.53. The van der Waals surface area contributed by atoms with E-state index in [1.165, 1.54) is 4.90 Å². The number of hydrogen-bond donors (Lipinski definition) is 2. The largest absolute Gasteiger partial charge is 0.359 e. The van der Waals surface area contributed by atoms with Crippen LogP contribution in [0.1, 0.15) is 25.6 Å². The fourth-order valence-electron chi connectivity index (χ4n) is 5.18. The van der Waals surface area contributed by atoms with Crippen LogP contribution in [0.15, 0.2) is 60.0 Å². The van der Waals surface area contributed by atoms with Crippen LogP contribution in [-0.4, -0.2) is 41.0 Å². The van der Waals surface area contributed by atoms with E-state index < -0.39 is 35.1 Å². The van der Waals surface area contributed by atoms with Crippen LogP contribution in [0.3, 0.4) is 0 Å². The molecule has 2 N–H and O–H groups in total. The van der Waals surface area contributed by atoms with Crippen LogP contribution >= 0.6 is 11.3 Å². The molecule has 1 aromatic heterocycles. The van der Waals surface area contributed by atoms with E-state index in [-0.39, 0.29) is 17.7 Å². The molecule has 2 bridgehead atoms. The van der Waals surface area contributed by atoms with Crippen molar-refractivity contribution in [3.8, 4) is 0 Å². The van der Waals surface area contributed by atoms with E-state index in [2.05, 4.69) is 10.6 Å². The van der Waals surface area contributed by atoms with Gasteiger partial charge in [0.2, 0.25) is 17.7 Å². The van der Waals surface area contributed by atoms with Crippen molar-refractivity contribution in [2.24, 2.45) is 11.8 Å². The standard InChI is InChI=1S/C25H27N3O4S/c1-24(2,3)27-22(30)20-25-12-11-17(32-25)18(21(29)26-14-16-10-7-13-33-16)19(25)23(31)28(20)15-8-5-4-6-9-15/h4-13,17-20H,14H2,1-3H3,(H,26,29)(H,27,30)/t17-,18+,19-,20+,25-/m1/s1. The summed E-state index contributed by atoms with van der Waals surface area (Å²) in [4.78, 5) is 43.2. The van der Waals surface area contributed by atoms with Crippen LogP contribution < -0.4 is 15.5 Å². The van der Waals surface area contributed by atoms with Crippen molar-refractivity contribution in [1.82, 2.24) is 10.6 Å². The summed E-state index contributed by atoms with van der Waals surface area (Å²) < 4.78 is 6.33. The molecule has 172 valence electrons. The fraction of sp³-hybridized carbons (Fsp3) is 0.400. The highest BCUT2D eigenvalue weighted by molar-refractivity contribution is 7.09. The van der Waals surface area contributed by atoms with Gasteiger partial charge in [-0.3, -0.25) is 19.3 Å². The number of rotatable bonds is 5. The SMILES string of the molecule is CC(C)(C)NC(=O)[C@@H]1N(c2ccccc2)C(=O)[C@H]2[C@@H](C(=O)NCc3cccs3)[C@H]3C=C[C@]12O3. The number of thiophene rings is 1. The van der Waals surface area contributed by atoms with Gasteiger partial charge >= 0.3 is 0 Å². The van der Waals surface area contributed by atoms with Crippen molar-refractivity contribution < 1.29 is 19.1 Å². The molecule has 2 saturated heterocycles. The van der Waals surface area contributed by atoms with Crippen molar-refractivity contribution in [3.05, 3.63) is 64.9 Å². The van der Waals surface area contributed by atoms with E-state index in [1.807, 2.05) is 68.6 Å². The summed E-state index contributed by atoms with van der Waals surface area (Å²) in [5, 5.41) is 7.93. The second-order valence-corrected chi connectivity index (χ2v) is 10.8. The second kappa shape index (κ2) is 7.81. The smallest absolute Gasteiger partial charge is 0.246 e. The third-order valence-corrected chi connectivity index (χ3v) is 7.25. The number of benzene rings is 1. The lowest BCUT2D eigenvalue weighted by Crippen LogP contribution is -2.58. The summed E-state index contributed by atoms with van der Waals surface area (Å²) in [6.45, 7) is 6.08. The number of para-hydroxylation sites is 1. The zero-order valence-electron chi connectivity index (χ0n) is 18.8. The van der Waals surface area contributed by atoms with Crippen LogP contribution in [0.25, 0.3) is 0 Å². The van der Waals surface area contributed by atoms with Gasteiger partial charge in [-0.1, -0.05) is 36.4 Å². The van der Waals surface area contributed by atoms with Gasteiger partial charge in [0.1, 0.15) is 11.6 Å². The van der Waals surface area contributed by atoms with Crippen LogP contribution in [0, 0.1) is 11.8 Å². The number of hydrogen-bond acceptors (Lipinski definition) is 5. The maximum Gasteiger partial charge on any atom is 0.246 e. The van der Waals surface area contributed by atoms with Gasteiger partial charge in [-0.25, -0.2) is 0 Å². The molecule has 4 heterocycles. The molecule has 0 saturated carbocycles. The first-order chi connectivity index (χ1) is 15.7. The van der Waals surface area contributed by atoms with Gasteiger partial charge in [-0.15, -0.1) is 11.3 Å². The molecule has 8 heteroatoms. The van der Waals surface area contributed by atoms with E-state index in [4.69, 9.17) is 4.74 Å². The Bertz CT molecular complexity index is 1110. The van der Waals surface area contributed by atoms with E-state index in [0.717, 1.165) is 4.88 Å². The predicted molar refractivity (Wildman–Crippen MR) is 126 cm³/mol. The fourth-order valence-corrected chi connectivity index (χ4v) is 5.83. The Kier molecular flexibility index (Phi) is 5.17. The molecular formula is C25H27N3O4S. The first-order valence-electron chi connectivity index (χ1n) is 11.1. The molecule has 1 aromatic carbocycles. The summed E-state index contributed by atoms with van der Waals surface area (Å²) in [6, 6.07) is 12.1. The lowest BCUT2D eigenvalue weighted by molar-refractivity contribution is -0.132. The van der Waals surface area contributed by atoms with Crippen molar-refractivity contribution in [3.63, 3.8) is 0 Å². The minimum absolute atomic E-state index is 0.233. The quantitative estimate of drug-likeness (QED) is 0.665. The Balaban J connectivity index is 1.51. The monoisotopic (exact) mass is 465 g/mol. The Labute approximate surface area is 196 Å². The summed E-state index contributed by atoms with van der Waals surface area (Å²) in [6.07, 6.45) is 3.11. The Morgan fingerprint density at radius 1 is 1.12 bits per heavy atom. The molecular weight excluding hydrogens is 438 g/mol. The lowest BCUT2D eigenvalue weighted by Gasteiger charge is -2.34. The molecule has 1 spiro atoms. The number of anilines is 1. The van der Waals surface area contributed by atoms with Gasteiger partial charge in [0, 0.05) is 16.1 Å². The number of carbonyl (C=O) groups excluding carboxylic acids is 3. The van der Waals surface area contributed by atoms with Crippen molar-refractivity contribution in [2.45, 2.75) is 50.6 Å². The molecule has 0 aliphatic carbocycles. The number of carbonyl (C=O) groups is 3. The number of fused-ring (bicyclic) bond motifs is 1. The Hall–Kier alpha value is -2.97. The van der Waals surface area contributed by atoms with Crippen LogP contribution in [0.2, 0.25) is 0 Å². The number of nitrogens with zero attached hydrogens (tertiary/aromatic N) is 1. The molecule has 2 aromatic rings. The highest BCUT2D eigenvalue weighted by atomic mass is 32.1. The van der Waals surface area contributed by atoms with E-state index in [0.29, 0.717) is 12.2 Å². The molecule has 0 unspecified atom stereocenters. The molecule has 7 nitrogen and oxygen atoms in total. The van der Waals surface area contributed by atoms with Crippen molar-refractivity contribution in [2.75, 3.05) is 4.90 Å². The first kappa shape index (κ1) is 21.9. The van der Waals surface area contributed by atoms with Crippen molar-refractivity contribution >= 4 is 34.7 Å². The van der Waals surface area contributed by atoms with Gasteiger partial charge in [-0.05, 0) is 44.4 Å². The van der Waals surface area contributed by atoms with Crippen LogP contribution in [0.5, 0.6) is 0 Å². The van der Waals surface area contributed by atoms with Gasteiger partial charge in [0.15, 0.2) is 0 Å². The first-order valence-corrected chi connectivity index (χ1v) is 12.0. The normalized spacial score (nSPS) is 29.9. The summed E-state index contributed by atoms with van der Waals surface area (Å²) in [5.41, 5.74) is -1.06.